The van der Waals surface area contributed by atoms with E-state index < -0.39 is 18.5 Å². The molecular formula is C18H15ClN2O5. The van der Waals surface area contributed by atoms with Crippen LogP contribution in [0.2, 0.25) is 5.02 Å². The number of carbonyl (C=O) groups is 2. The van der Waals surface area contributed by atoms with Gasteiger partial charge in [0.1, 0.15) is 6.07 Å². The highest BCUT2D eigenvalue weighted by molar-refractivity contribution is 6.32. The highest BCUT2D eigenvalue weighted by atomic mass is 35.5. The monoisotopic (exact) mass is 374 g/mol. The van der Waals surface area contributed by atoms with Crippen molar-refractivity contribution in [2.24, 2.45) is 0 Å². The maximum Gasteiger partial charge on any atom is 0.338 e. The minimum absolute atomic E-state index is 0.109. The Bertz CT molecular complexity index is 876. The molecule has 0 saturated carbocycles. The van der Waals surface area contributed by atoms with Gasteiger partial charge in [0.05, 0.1) is 36.1 Å². The van der Waals surface area contributed by atoms with Crippen molar-refractivity contribution in [1.82, 2.24) is 0 Å². The summed E-state index contributed by atoms with van der Waals surface area (Å²) in [5.74, 6) is -0.778. The molecule has 0 aliphatic carbocycles. The number of nitrogens with zero attached hydrogens (tertiary/aromatic N) is 1. The quantitative estimate of drug-likeness (QED) is 0.780. The van der Waals surface area contributed by atoms with E-state index in [4.69, 9.17) is 31.1 Å². The molecule has 2 aromatic carbocycles. The Labute approximate surface area is 155 Å². The molecule has 8 heteroatoms. The van der Waals surface area contributed by atoms with Crippen molar-refractivity contribution in [3.05, 3.63) is 52.5 Å². The van der Waals surface area contributed by atoms with Crippen LogP contribution in [-0.4, -0.2) is 32.7 Å². The summed E-state index contributed by atoms with van der Waals surface area (Å²) in [5.41, 5.74) is 0.752. The predicted octanol–water partition coefficient (Wildman–Crippen LogP) is 3.02. The normalized spacial score (nSPS) is 9.77. The molecule has 0 aliphatic heterocycles. The number of para-hydroxylation sites is 1. The second kappa shape index (κ2) is 8.74. The minimum Gasteiger partial charge on any atom is -0.493 e. The van der Waals surface area contributed by atoms with Crippen LogP contribution in [0.25, 0.3) is 0 Å². The number of anilines is 1. The molecule has 0 atom stereocenters. The molecule has 7 nitrogen and oxygen atoms in total. The van der Waals surface area contributed by atoms with Crippen molar-refractivity contribution in [1.29, 1.82) is 5.26 Å². The van der Waals surface area contributed by atoms with Gasteiger partial charge in [-0.2, -0.15) is 5.26 Å². The van der Waals surface area contributed by atoms with E-state index in [9.17, 15) is 9.59 Å². The summed E-state index contributed by atoms with van der Waals surface area (Å²) < 4.78 is 15.2. The van der Waals surface area contributed by atoms with Gasteiger partial charge in [-0.25, -0.2) is 4.79 Å². The molecule has 1 amide bonds. The summed E-state index contributed by atoms with van der Waals surface area (Å²) in [6, 6.07) is 11.2. The standard InChI is InChI=1S/C18H15ClN2O5/c1-24-15-8-12(7-13(19)17(15)25-2)18(23)26-10-16(22)21-14-6-4-3-5-11(14)9-20/h3-8H,10H2,1-2H3,(H,21,22). The van der Waals surface area contributed by atoms with E-state index in [-0.39, 0.29) is 22.1 Å². The summed E-state index contributed by atoms with van der Waals surface area (Å²) >= 11 is 6.04. The molecule has 0 spiro atoms. The van der Waals surface area contributed by atoms with E-state index in [1.54, 1.807) is 24.3 Å². The number of hydrogen-bond acceptors (Lipinski definition) is 6. The zero-order valence-corrected chi connectivity index (χ0v) is 14.8. The zero-order valence-electron chi connectivity index (χ0n) is 14.0. The number of carbonyl (C=O) groups excluding carboxylic acids is 2. The van der Waals surface area contributed by atoms with E-state index in [0.717, 1.165) is 0 Å². The molecular weight excluding hydrogens is 360 g/mol. The van der Waals surface area contributed by atoms with Gasteiger partial charge >= 0.3 is 5.97 Å². The van der Waals surface area contributed by atoms with Gasteiger partial charge in [0.15, 0.2) is 18.1 Å². The van der Waals surface area contributed by atoms with Crippen LogP contribution in [0.15, 0.2) is 36.4 Å². The van der Waals surface area contributed by atoms with Crippen LogP contribution in [0.3, 0.4) is 0 Å². The van der Waals surface area contributed by atoms with Gasteiger partial charge in [0.2, 0.25) is 0 Å². The summed E-state index contributed by atoms with van der Waals surface area (Å²) in [4.78, 5) is 24.1. The second-order valence-electron chi connectivity index (χ2n) is 4.98. The highest BCUT2D eigenvalue weighted by Crippen LogP contribution is 2.36. The molecule has 2 aromatic rings. The van der Waals surface area contributed by atoms with Gasteiger partial charge < -0.3 is 19.5 Å². The highest BCUT2D eigenvalue weighted by Gasteiger charge is 2.17. The van der Waals surface area contributed by atoms with Crippen molar-refractivity contribution in [2.75, 3.05) is 26.1 Å². The molecule has 134 valence electrons. The molecule has 0 aromatic heterocycles. The molecule has 26 heavy (non-hydrogen) atoms. The molecule has 0 heterocycles. The van der Waals surface area contributed by atoms with E-state index in [1.165, 1.54) is 26.4 Å². The number of nitrogens with one attached hydrogen (secondary N) is 1. The number of esters is 1. The Balaban J connectivity index is 2.03. The van der Waals surface area contributed by atoms with E-state index in [2.05, 4.69) is 5.32 Å². The lowest BCUT2D eigenvalue weighted by Gasteiger charge is -2.12. The number of nitriles is 1. The van der Waals surface area contributed by atoms with Crippen LogP contribution in [0.4, 0.5) is 5.69 Å². The topological polar surface area (TPSA) is 97.6 Å². The lowest BCUT2D eigenvalue weighted by atomic mass is 10.2. The van der Waals surface area contributed by atoms with Crippen molar-refractivity contribution < 1.29 is 23.8 Å². The summed E-state index contributed by atoms with van der Waals surface area (Å²) in [6.07, 6.45) is 0. The fourth-order valence-electron chi connectivity index (χ4n) is 2.13. The third-order valence-corrected chi connectivity index (χ3v) is 3.61. The first-order chi connectivity index (χ1) is 12.5. The largest absolute Gasteiger partial charge is 0.493 e. The van der Waals surface area contributed by atoms with E-state index >= 15 is 0 Å². The van der Waals surface area contributed by atoms with Crippen molar-refractivity contribution in [3.8, 4) is 17.6 Å². The first-order valence-corrected chi connectivity index (χ1v) is 7.75. The summed E-state index contributed by atoms with van der Waals surface area (Å²) in [7, 11) is 2.83. The second-order valence-corrected chi connectivity index (χ2v) is 5.38. The van der Waals surface area contributed by atoms with E-state index in [0.29, 0.717) is 11.3 Å². The lowest BCUT2D eigenvalue weighted by Crippen LogP contribution is -2.21. The molecule has 2 rings (SSSR count). The average Bonchev–Trinajstić information content (AvgIpc) is 2.65. The number of hydrogen-bond donors (Lipinski definition) is 1. The van der Waals surface area contributed by atoms with Crippen LogP contribution >= 0.6 is 11.6 Å². The molecule has 0 bridgehead atoms. The Morgan fingerprint density at radius 2 is 1.92 bits per heavy atom. The van der Waals surface area contributed by atoms with E-state index in [1.807, 2.05) is 6.07 Å². The van der Waals surface area contributed by atoms with Gasteiger partial charge in [-0.05, 0) is 24.3 Å². The molecule has 0 unspecified atom stereocenters. The third kappa shape index (κ3) is 4.43. The smallest absolute Gasteiger partial charge is 0.338 e. The number of benzene rings is 2. The fourth-order valence-corrected chi connectivity index (χ4v) is 2.41. The first kappa shape index (κ1) is 19.1. The Kier molecular flexibility index (Phi) is 6.42. The minimum atomic E-state index is -0.753. The zero-order chi connectivity index (χ0) is 19.1. The maximum atomic E-state index is 12.1. The Hall–Kier alpha value is -3.24. The molecule has 0 aliphatic rings. The number of methoxy groups -OCH3 is 2. The molecule has 0 saturated heterocycles. The van der Waals surface area contributed by atoms with Crippen molar-refractivity contribution in [3.63, 3.8) is 0 Å². The Morgan fingerprint density at radius 1 is 1.19 bits per heavy atom. The van der Waals surface area contributed by atoms with Crippen LogP contribution in [0, 0.1) is 11.3 Å². The third-order valence-electron chi connectivity index (χ3n) is 3.33. The van der Waals surface area contributed by atoms with Crippen LogP contribution in [0.1, 0.15) is 15.9 Å². The van der Waals surface area contributed by atoms with Gasteiger partial charge in [0, 0.05) is 0 Å². The summed E-state index contributed by atoms with van der Waals surface area (Å²) in [5, 5.41) is 11.7. The first-order valence-electron chi connectivity index (χ1n) is 7.37. The predicted molar refractivity (Wildman–Crippen MR) is 94.6 cm³/mol. The van der Waals surface area contributed by atoms with Crippen LogP contribution in [-0.2, 0) is 9.53 Å². The van der Waals surface area contributed by atoms with Gasteiger partial charge in [-0.15, -0.1) is 0 Å². The molecule has 1 N–H and O–H groups in total. The van der Waals surface area contributed by atoms with Gasteiger partial charge in [0.25, 0.3) is 5.91 Å². The number of halogens is 1. The lowest BCUT2D eigenvalue weighted by molar-refractivity contribution is -0.119. The van der Waals surface area contributed by atoms with Gasteiger partial charge in [-0.3, -0.25) is 4.79 Å². The Morgan fingerprint density at radius 3 is 2.58 bits per heavy atom. The number of rotatable bonds is 6. The summed E-state index contributed by atoms with van der Waals surface area (Å²) in [6.45, 7) is -0.523. The average molecular weight is 375 g/mol. The van der Waals surface area contributed by atoms with Crippen molar-refractivity contribution >= 4 is 29.2 Å². The number of amides is 1. The fraction of sp³-hybridized carbons (Fsp3) is 0.167. The van der Waals surface area contributed by atoms with Crippen molar-refractivity contribution in [2.45, 2.75) is 0 Å². The molecule has 0 fully saturated rings. The van der Waals surface area contributed by atoms with Crippen LogP contribution in [0.5, 0.6) is 11.5 Å². The SMILES string of the molecule is COc1cc(C(=O)OCC(=O)Nc2ccccc2C#N)cc(Cl)c1OC. The molecule has 0 radical (unpaired) electrons. The maximum absolute atomic E-state index is 12.1. The number of ether oxygens (including phenoxy) is 3. The van der Waals surface area contributed by atoms with Crippen LogP contribution < -0.4 is 14.8 Å². The van der Waals surface area contributed by atoms with Gasteiger partial charge in [-0.1, -0.05) is 23.7 Å².